The zero-order valence-electron chi connectivity index (χ0n) is 10.1. The van der Waals surface area contributed by atoms with E-state index in [-0.39, 0.29) is 74.8 Å². The molecule has 17 heavy (non-hydrogen) atoms. The first-order valence-electron chi connectivity index (χ1n) is 5.64. The van der Waals surface area contributed by atoms with Crippen LogP contribution in [0, 0.1) is 5.41 Å². The Morgan fingerprint density at radius 1 is 1.35 bits per heavy atom. The quantitative estimate of drug-likeness (QED) is 0.407. The Balaban J connectivity index is 0.000000853. The fourth-order valence-corrected chi connectivity index (χ4v) is 3.32. The van der Waals surface area contributed by atoms with Gasteiger partial charge in [0.25, 0.3) is 0 Å². The zero-order chi connectivity index (χ0) is 9.97. The van der Waals surface area contributed by atoms with Crippen molar-refractivity contribution in [3.8, 4) is 0 Å². The van der Waals surface area contributed by atoms with Gasteiger partial charge in [-0.1, -0.05) is 20.3 Å². The second-order valence-corrected chi connectivity index (χ2v) is 5.34. The van der Waals surface area contributed by atoms with E-state index in [4.69, 9.17) is 0 Å². The minimum atomic E-state index is -0.0459. The number of rotatable bonds is 1. The van der Waals surface area contributed by atoms with E-state index >= 15 is 0 Å². The van der Waals surface area contributed by atoms with Crippen LogP contribution in [0.3, 0.4) is 0 Å². The number of carbonyl (C=O) groups is 1. The van der Waals surface area contributed by atoms with Gasteiger partial charge in [0.05, 0.1) is 0 Å². The molecule has 1 saturated carbocycles. The average molecular weight is 745 g/mol. The van der Waals surface area contributed by atoms with Crippen LogP contribution in [0.5, 0.6) is 0 Å². The first-order valence-corrected chi connectivity index (χ1v) is 5.64. The van der Waals surface area contributed by atoms with E-state index in [0.29, 0.717) is 11.5 Å². The molecular weight excluding hydrogens is 728 g/mol. The molecule has 0 aromatic carbocycles. The Hall–Kier alpha value is 1.33. The molecule has 1 spiro atoms. The van der Waals surface area contributed by atoms with Crippen LogP contribution in [0.15, 0.2) is 0 Å². The fraction of sp³-hybridized carbons (Fsp3) is 0.909. The van der Waals surface area contributed by atoms with Crippen LogP contribution in [0.25, 0.3) is 5.32 Å². The van der Waals surface area contributed by atoms with Gasteiger partial charge in [-0.2, -0.15) is 0 Å². The van der Waals surface area contributed by atoms with E-state index < -0.39 is 0 Å². The van der Waals surface area contributed by atoms with Crippen LogP contribution < -0.4 is 0 Å². The van der Waals surface area contributed by atoms with Crippen LogP contribution >= 0.6 is 0 Å². The van der Waals surface area contributed by atoms with E-state index in [2.05, 4.69) is 19.2 Å². The molecular formula is C11H17N2OW3-. The van der Waals surface area contributed by atoms with Gasteiger partial charge in [0.2, 0.25) is 0 Å². The molecule has 3 fully saturated rings. The predicted octanol–water partition coefficient (Wildman–Crippen LogP) is 2.51. The van der Waals surface area contributed by atoms with Crippen molar-refractivity contribution in [1.29, 1.82) is 0 Å². The van der Waals surface area contributed by atoms with Gasteiger partial charge in [-0.15, -0.1) is 0 Å². The van der Waals surface area contributed by atoms with Crippen LogP contribution in [-0.4, -0.2) is 29.1 Å². The molecule has 2 saturated heterocycles. The largest absolute Gasteiger partial charge is 0.433 e. The summed E-state index contributed by atoms with van der Waals surface area (Å²) < 4.78 is 0. The molecule has 96 valence electrons. The molecule has 2 amide bonds. The summed E-state index contributed by atoms with van der Waals surface area (Å²) in [6, 6.07) is 0.507. The maximum Gasteiger partial charge on any atom is 0.156 e. The second kappa shape index (κ2) is 5.76. The number of nitrogens with zero attached hydrogens (tertiary/aromatic N) is 2. The average Bonchev–Trinajstić information content (AvgIpc) is 2.86. The fourth-order valence-electron chi connectivity index (χ4n) is 3.32. The first-order chi connectivity index (χ1) is 6.60. The van der Waals surface area contributed by atoms with E-state index in [9.17, 15) is 4.79 Å². The molecule has 2 heterocycles. The molecule has 3 nitrogen and oxygen atoms in total. The van der Waals surface area contributed by atoms with Crippen molar-refractivity contribution >= 4 is 6.03 Å². The molecule has 1 aliphatic carbocycles. The standard InChI is InChI=1S/C11H18N2O.3W/c1-3-8-6-11(4-5-11)10(2)7-13(8)9(14)12-10;;;/h8H,3-7H2,1-2H3,(H,12,14);;;/p-1/t8-,10+;;;/m1.../s1. The van der Waals surface area contributed by atoms with Gasteiger partial charge >= 0.3 is 0 Å². The first kappa shape index (κ1) is 18.3. The van der Waals surface area contributed by atoms with E-state index in [1.54, 1.807) is 0 Å². The Labute approximate surface area is 146 Å². The van der Waals surface area contributed by atoms with Crippen molar-refractivity contribution in [3.05, 3.63) is 5.32 Å². The van der Waals surface area contributed by atoms with Crippen LogP contribution in [0.4, 0.5) is 4.79 Å². The summed E-state index contributed by atoms with van der Waals surface area (Å²) in [6.45, 7) is 5.23. The van der Waals surface area contributed by atoms with E-state index in [0.717, 1.165) is 13.0 Å². The number of urea groups is 1. The third-order valence-corrected chi connectivity index (χ3v) is 4.60. The molecule has 0 aromatic rings. The van der Waals surface area contributed by atoms with Crippen molar-refractivity contribution in [2.45, 2.75) is 51.1 Å². The van der Waals surface area contributed by atoms with Gasteiger partial charge in [0.1, 0.15) is 0 Å². The molecule has 6 heteroatoms. The molecule has 0 aromatic heterocycles. The SMILES string of the molecule is CC[C@@H]1CC2(CC2)[C@]2(C)CN1C(=O)[N-]2.[W].[W].[W]. The maximum atomic E-state index is 11.7. The van der Waals surface area contributed by atoms with Crippen LogP contribution in [0.2, 0.25) is 0 Å². The molecule has 2 aliphatic heterocycles. The molecule has 0 unspecified atom stereocenters. The van der Waals surface area contributed by atoms with E-state index in [1.807, 2.05) is 4.90 Å². The Morgan fingerprint density at radius 3 is 2.41 bits per heavy atom. The third-order valence-electron chi connectivity index (χ3n) is 4.60. The third kappa shape index (κ3) is 2.51. The van der Waals surface area contributed by atoms with Gasteiger partial charge in [0.15, 0.2) is 6.03 Å². The summed E-state index contributed by atoms with van der Waals surface area (Å²) in [5, 5.41) is 4.38. The van der Waals surface area contributed by atoms with Crippen LogP contribution in [-0.2, 0) is 63.2 Å². The normalized spacial score (nSPS) is 35.3. The number of hydrogen-bond acceptors (Lipinski definition) is 1. The summed E-state index contributed by atoms with van der Waals surface area (Å²) in [5.74, 6) is 0. The molecule has 2 bridgehead atoms. The van der Waals surface area contributed by atoms with Gasteiger partial charge in [-0.3, -0.25) is 4.79 Å². The number of amides is 2. The topological polar surface area (TPSA) is 34.4 Å². The van der Waals surface area contributed by atoms with Crippen molar-refractivity contribution in [2.24, 2.45) is 5.41 Å². The smallest absolute Gasteiger partial charge is 0.156 e. The van der Waals surface area contributed by atoms with Crippen LogP contribution in [0.1, 0.15) is 39.5 Å². The number of fused-ring (bicyclic) bond motifs is 3. The van der Waals surface area contributed by atoms with Crippen molar-refractivity contribution < 1.29 is 68.0 Å². The number of piperidine rings is 1. The summed E-state index contributed by atoms with van der Waals surface area (Å²) in [7, 11) is 0. The van der Waals surface area contributed by atoms with Gasteiger partial charge in [-0.25, -0.2) is 0 Å². The maximum absolute atomic E-state index is 11.7. The minimum Gasteiger partial charge on any atom is -0.433 e. The summed E-state index contributed by atoms with van der Waals surface area (Å²) in [6.07, 6.45) is 4.84. The molecule has 2 atom stereocenters. The summed E-state index contributed by atoms with van der Waals surface area (Å²) >= 11 is 0. The van der Waals surface area contributed by atoms with Crippen molar-refractivity contribution in [1.82, 2.24) is 4.90 Å². The summed E-state index contributed by atoms with van der Waals surface area (Å²) in [5.41, 5.74) is 0.353. The van der Waals surface area contributed by atoms with Gasteiger partial charge < -0.3 is 10.2 Å². The zero-order valence-corrected chi connectivity index (χ0v) is 18.9. The molecule has 0 radical (unpaired) electrons. The summed E-state index contributed by atoms with van der Waals surface area (Å²) in [4.78, 5) is 13.7. The Bertz CT molecular complexity index is 309. The van der Waals surface area contributed by atoms with Crippen molar-refractivity contribution in [2.75, 3.05) is 6.54 Å². The van der Waals surface area contributed by atoms with Gasteiger partial charge in [-0.05, 0) is 42.8 Å². The second-order valence-electron chi connectivity index (χ2n) is 5.34. The Kier molecular flexibility index (Phi) is 6.21. The minimum absolute atomic E-state index is 0. The van der Waals surface area contributed by atoms with E-state index in [1.165, 1.54) is 19.3 Å². The predicted molar refractivity (Wildman–Crippen MR) is 54.2 cm³/mol. The molecule has 3 rings (SSSR count). The molecule has 0 N–H and O–H groups in total. The Morgan fingerprint density at radius 2 is 1.94 bits per heavy atom. The monoisotopic (exact) mass is 745 g/mol. The van der Waals surface area contributed by atoms with Gasteiger partial charge in [0, 0.05) is 63.2 Å². The van der Waals surface area contributed by atoms with Crippen molar-refractivity contribution in [3.63, 3.8) is 0 Å². The number of hydrogen-bond donors (Lipinski definition) is 0. The number of carbonyl (C=O) groups excluding carboxylic acids is 1. The molecule has 3 aliphatic rings.